The molecule has 1 amide bonds. The van der Waals surface area contributed by atoms with Crippen molar-refractivity contribution in [2.75, 3.05) is 32.7 Å². The first-order valence-corrected chi connectivity index (χ1v) is 8.18. The minimum absolute atomic E-state index is 0.220. The lowest BCUT2D eigenvalue weighted by Gasteiger charge is -2.42. The van der Waals surface area contributed by atoms with Crippen molar-refractivity contribution in [2.24, 2.45) is 11.7 Å². The predicted octanol–water partition coefficient (Wildman–Crippen LogP) is 2.30. The van der Waals surface area contributed by atoms with Crippen LogP contribution in [0.3, 0.4) is 0 Å². The van der Waals surface area contributed by atoms with Crippen molar-refractivity contribution in [2.45, 2.75) is 59.1 Å². The molecule has 0 aromatic heterocycles. The van der Waals surface area contributed by atoms with E-state index in [1.807, 2.05) is 20.8 Å². The Hall–Kier alpha value is -0.810. The van der Waals surface area contributed by atoms with Gasteiger partial charge in [-0.05, 0) is 33.1 Å². The largest absolute Gasteiger partial charge is 0.444 e. The first-order valence-electron chi connectivity index (χ1n) is 8.18. The highest BCUT2D eigenvalue weighted by molar-refractivity contribution is 5.68. The molecule has 2 atom stereocenters. The molecule has 1 aliphatic rings. The van der Waals surface area contributed by atoms with E-state index < -0.39 is 5.60 Å². The van der Waals surface area contributed by atoms with E-state index in [0.717, 1.165) is 19.6 Å². The van der Waals surface area contributed by atoms with Crippen LogP contribution < -0.4 is 5.73 Å². The molecule has 2 N–H and O–H groups in total. The number of hydrogen-bond acceptors (Lipinski definition) is 4. The molecule has 5 heteroatoms. The van der Waals surface area contributed by atoms with Gasteiger partial charge in [0.1, 0.15) is 5.60 Å². The van der Waals surface area contributed by atoms with Gasteiger partial charge in [0.2, 0.25) is 0 Å². The Bertz CT molecular complexity index is 328. The fourth-order valence-electron chi connectivity index (χ4n) is 2.83. The predicted molar refractivity (Wildman–Crippen MR) is 86.3 cm³/mol. The summed E-state index contributed by atoms with van der Waals surface area (Å²) in [5, 5.41) is 0. The molecule has 21 heavy (non-hydrogen) atoms. The minimum atomic E-state index is -0.442. The highest BCUT2D eigenvalue weighted by atomic mass is 16.6. The summed E-state index contributed by atoms with van der Waals surface area (Å²) in [4.78, 5) is 16.4. The third-order valence-electron chi connectivity index (χ3n) is 3.86. The number of nitrogens with two attached hydrogens (primary N) is 1. The molecular weight excluding hydrogens is 266 g/mol. The molecule has 0 saturated carbocycles. The van der Waals surface area contributed by atoms with Gasteiger partial charge < -0.3 is 15.4 Å². The van der Waals surface area contributed by atoms with Crippen LogP contribution in [0.2, 0.25) is 0 Å². The molecule has 0 aromatic rings. The molecular formula is C16H33N3O2. The summed E-state index contributed by atoms with van der Waals surface area (Å²) in [7, 11) is 0. The lowest BCUT2D eigenvalue weighted by atomic mass is 10.0. The maximum Gasteiger partial charge on any atom is 0.410 e. The van der Waals surface area contributed by atoms with Gasteiger partial charge in [-0.1, -0.05) is 20.3 Å². The number of ether oxygens (including phenoxy) is 1. The Morgan fingerprint density at radius 1 is 1.38 bits per heavy atom. The molecule has 124 valence electrons. The Balaban J connectivity index is 2.54. The molecule has 0 aromatic carbocycles. The average molecular weight is 299 g/mol. The number of carbonyl (C=O) groups excluding carboxylic acids is 1. The number of piperazine rings is 1. The quantitative estimate of drug-likeness (QED) is 0.846. The van der Waals surface area contributed by atoms with Crippen LogP contribution >= 0.6 is 0 Å². The van der Waals surface area contributed by atoms with Crippen molar-refractivity contribution in [3.63, 3.8) is 0 Å². The smallest absolute Gasteiger partial charge is 0.410 e. The minimum Gasteiger partial charge on any atom is -0.444 e. The zero-order valence-corrected chi connectivity index (χ0v) is 14.4. The summed E-state index contributed by atoms with van der Waals surface area (Å²) < 4.78 is 5.45. The van der Waals surface area contributed by atoms with Crippen molar-refractivity contribution in [3.8, 4) is 0 Å². The molecule has 5 nitrogen and oxygen atoms in total. The summed E-state index contributed by atoms with van der Waals surface area (Å²) in [6.45, 7) is 14.1. The normalized spacial score (nSPS) is 22.2. The highest BCUT2D eigenvalue weighted by Crippen LogP contribution is 2.17. The maximum absolute atomic E-state index is 12.2. The Kier molecular flexibility index (Phi) is 6.94. The average Bonchev–Trinajstić information content (AvgIpc) is 2.37. The molecule has 0 bridgehead atoms. The van der Waals surface area contributed by atoms with E-state index >= 15 is 0 Å². The fourth-order valence-corrected chi connectivity index (χ4v) is 2.83. The van der Waals surface area contributed by atoms with Gasteiger partial charge >= 0.3 is 6.09 Å². The summed E-state index contributed by atoms with van der Waals surface area (Å²) in [6.07, 6.45) is 2.23. The monoisotopic (exact) mass is 299 g/mol. The number of hydrogen-bond donors (Lipinski definition) is 1. The lowest BCUT2D eigenvalue weighted by molar-refractivity contribution is 0.00271. The van der Waals surface area contributed by atoms with E-state index in [1.165, 1.54) is 12.8 Å². The number of amides is 1. The molecule has 1 heterocycles. The van der Waals surface area contributed by atoms with Gasteiger partial charge in [-0.15, -0.1) is 0 Å². The number of rotatable bonds is 5. The van der Waals surface area contributed by atoms with E-state index in [2.05, 4.69) is 18.7 Å². The van der Waals surface area contributed by atoms with Crippen LogP contribution in [0, 0.1) is 5.92 Å². The Labute approximate surface area is 129 Å². The molecule has 0 spiro atoms. The zero-order valence-electron chi connectivity index (χ0n) is 14.4. The van der Waals surface area contributed by atoms with Crippen molar-refractivity contribution in [3.05, 3.63) is 0 Å². The van der Waals surface area contributed by atoms with Gasteiger partial charge in [0.05, 0.1) is 0 Å². The van der Waals surface area contributed by atoms with Crippen molar-refractivity contribution in [1.29, 1.82) is 0 Å². The first-order chi connectivity index (χ1) is 9.76. The SMILES string of the molecule is CCCC(C)CN1CCN(C(=O)OC(C)(C)C)CC1CN. The van der Waals surface area contributed by atoms with Crippen LogP contribution in [0.1, 0.15) is 47.5 Å². The second-order valence-electron chi connectivity index (χ2n) is 7.20. The van der Waals surface area contributed by atoms with E-state index in [-0.39, 0.29) is 12.1 Å². The van der Waals surface area contributed by atoms with Crippen LogP contribution in [0.4, 0.5) is 4.79 Å². The number of nitrogens with zero attached hydrogens (tertiary/aromatic N) is 2. The molecule has 1 rings (SSSR count). The fraction of sp³-hybridized carbons (Fsp3) is 0.938. The molecule has 0 radical (unpaired) electrons. The molecule has 0 aliphatic carbocycles. The van der Waals surface area contributed by atoms with Crippen LogP contribution in [-0.2, 0) is 4.74 Å². The molecule has 1 fully saturated rings. The molecule has 1 aliphatic heterocycles. The maximum atomic E-state index is 12.2. The molecule has 1 saturated heterocycles. The summed E-state index contributed by atoms with van der Waals surface area (Å²) in [5.41, 5.74) is 5.47. The van der Waals surface area contributed by atoms with Crippen molar-refractivity contribution in [1.82, 2.24) is 9.80 Å². The lowest BCUT2D eigenvalue weighted by Crippen LogP contribution is -2.58. The van der Waals surface area contributed by atoms with Gasteiger partial charge in [0, 0.05) is 38.8 Å². The third-order valence-corrected chi connectivity index (χ3v) is 3.86. The summed E-state index contributed by atoms with van der Waals surface area (Å²) >= 11 is 0. The van der Waals surface area contributed by atoms with E-state index in [9.17, 15) is 4.79 Å². The highest BCUT2D eigenvalue weighted by Gasteiger charge is 2.31. The second-order valence-corrected chi connectivity index (χ2v) is 7.20. The summed E-state index contributed by atoms with van der Waals surface area (Å²) in [5.74, 6) is 0.678. The van der Waals surface area contributed by atoms with Crippen LogP contribution in [-0.4, -0.2) is 60.3 Å². The van der Waals surface area contributed by atoms with Gasteiger partial charge in [-0.2, -0.15) is 0 Å². The molecule has 2 unspecified atom stereocenters. The van der Waals surface area contributed by atoms with Crippen molar-refractivity contribution >= 4 is 6.09 Å². The van der Waals surface area contributed by atoms with Crippen LogP contribution in [0.5, 0.6) is 0 Å². The van der Waals surface area contributed by atoms with Crippen LogP contribution in [0.15, 0.2) is 0 Å². The van der Waals surface area contributed by atoms with E-state index in [0.29, 0.717) is 19.0 Å². The van der Waals surface area contributed by atoms with Crippen molar-refractivity contribution < 1.29 is 9.53 Å². The third kappa shape index (κ3) is 6.22. The summed E-state index contributed by atoms with van der Waals surface area (Å²) in [6, 6.07) is 0.241. The standard InChI is InChI=1S/C16H33N3O2/c1-6-7-13(2)11-18-8-9-19(12-14(18)10-17)15(20)21-16(3,4)5/h13-14H,6-12,17H2,1-5H3. The van der Waals surface area contributed by atoms with Crippen LogP contribution in [0.25, 0.3) is 0 Å². The van der Waals surface area contributed by atoms with E-state index in [4.69, 9.17) is 10.5 Å². The Morgan fingerprint density at radius 3 is 2.57 bits per heavy atom. The first kappa shape index (κ1) is 18.2. The van der Waals surface area contributed by atoms with Gasteiger partial charge in [-0.25, -0.2) is 4.79 Å². The Morgan fingerprint density at radius 2 is 2.05 bits per heavy atom. The topological polar surface area (TPSA) is 58.8 Å². The van der Waals surface area contributed by atoms with E-state index in [1.54, 1.807) is 4.90 Å². The van der Waals surface area contributed by atoms with Gasteiger partial charge in [0.25, 0.3) is 0 Å². The second kappa shape index (κ2) is 7.99. The van der Waals surface area contributed by atoms with Gasteiger partial charge in [0.15, 0.2) is 0 Å². The zero-order chi connectivity index (χ0) is 16.0. The number of carbonyl (C=O) groups is 1. The van der Waals surface area contributed by atoms with Gasteiger partial charge in [-0.3, -0.25) is 4.90 Å².